The minimum atomic E-state index is -1.42. The van der Waals surface area contributed by atoms with Crippen LogP contribution in [0.4, 0.5) is 15.3 Å². The first-order valence-corrected chi connectivity index (χ1v) is 17.3. The molecule has 3 aliphatic rings. The second-order valence-electron chi connectivity index (χ2n) is 13.6. The summed E-state index contributed by atoms with van der Waals surface area (Å²) in [7, 11) is 0. The van der Waals surface area contributed by atoms with Crippen LogP contribution in [-0.2, 0) is 28.0 Å². The van der Waals surface area contributed by atoms with E-state index in [1.54, 1.807) is 18.0 Å². The number of H-pyrrole nitrogens is 1. The summed E-state index contributed by atoms with van der Waals surface area (Å²) < 4.78 is 6.24. The summed E-state index contributed by atoms with van der Waals surface area (Å²) in [5.41, 5.74) is 4.45. The minimum Gasteiger partial charge on any atom is -0.460 e. The number of amides is 4. The zero-order valence-electron chi connectivity index (χ0n) is 27.7. The standard InChI is InChI=1S/C38H44N6O4/c1-3-25-21-30(22-29-23-39-42-34(25)29)38(2,35(45)48-32-15-13-27(14-16-32)26-9-5-4-6-10-26)41-37(47)43-19-17-31(18-20-43)44-24-28-11-7-8-12-33(28)40-36(44)46/h4-12,21-23,27,31-32H,3,13-20,24H2,1-2H3,(H,39,42)(H,40,46)(H,41,47). The summed E-state index contributed by atoms with van der Waals surface area (Å²) in [6.45, 7) is 5.30. The number of anilines is 1. The van der Waals surface area contributed by atoms with E-state index < -0.39 is 11.5 Å². The van der Waals surface area contributed by atoms with Gasteiger partial charge in [-0.3, -0.25) is 5.10 Å². The van der Waals surface area contributed by atoms with Crippen LogP contribution in [0.25, 0.3) is 10.9 Å². The van der Waals surface area contributed by atoms with Gasteiger partial charge in [-0.15, -0.1) is 0 Å². The molecule has 1 atom stereocenters. The Kier molecular flexibility index (Phi) is 8.81. The summed E-state index contributed by atoms with van der Waals surface area (Å²) in [4.78, 5) is 44.8. The molecule has 250 valence electrons. The first-order chi connectivity index (χ1) is 23.3. The van der Waals surface area contributed by atoms with Crippen LogP contribution in [0.2, 0.25) is 0 Å². The Labute approximate surface area is 281 Å². The van der Waals surface area contributed by atoms with Crippen LogP contribution >= 0.6 is 0 Å². The molecule has 0 spiro atoms. The highest BCUT2D eigenvalue weighted by molar-refractivity contribution is 5.93. The molecule has 1 saturated carbocycles. The van der Waals surface area contributed by atoms with Gasteiger partial charge in [0.05, 0.1) is 11.7 Å². The van der Waals surface area contributed by atoms with Crippen molar-refractivity contribution in [2.45, 2.75) is 88.9 Å². The number of para-hydroxylation sites is 1. The number of ether oxygens (including phenoxy) is 1. The van der Waals surface area contributed by atoms with Crippen molar-refractivity contribution in [2.75, 3.05) is 18.4 Å². The van der Waals surface area contributed by atoms with Crippen molar-refractivity contribution < 1.29 is 19.1 Å². The van der Waals surface area contributed by atoms with Crippen LogP contribution in [0.5, 0.6) is 0 Å². The molecule has 10 nitrogen and oxygen atoms in total. The Morgan fingerprint density at radius 2 is 1.71 bits per heavy atom. The molecule has 1 aliphatic carbocycles. The molecule has 1 unspecified atom stereocenters. The third kappa shape index (κ3) is 6.23. The van der Waals surface area contributed by atoms with Gasteiger partial charge in [0.25, 0.3) is 0 Å². The molecule has 3 N–H and O–H groups in total. The number of piperidine rings is 1. The number of carbonyl (C=O) groups excluding carboxylic acids is 3. The zero-order chi connectivity index (χ0) is 33.3. The lowest BCUT2D eigenvalue weighted by atomic mass is 9.82. The quantitative estimate of drug-likeness (QED) is 0.190. The third-order valence-corrected chi connectivity index (χ3v) is 10.6. The average molecular weight is 649 g/mol. The number of urea groups is 2. The first-order valence-electron chi connectivity index (χ1n) is 17.3. The zero-order valence-corrected chi connectivity index (χ0v) is 27.7. The molecule has 4 amide bonds. The van der Waals surface area contributed by atoms with Crippen LogP contribution in [0.1, 0.15) is 80.5 Å². The molecule has 48 heavy (non-hydrogen) atoms. The van der Waals surface area contributed by atoms with Gasteiger partial charge in [-0.2, -0.15) is 5.10 Å². The number of hydrogen-bond donors (Lipinski definition) is 3. The van der Waals surface area contributed by atoms with Gasteiger partial charge in [0, 0.05) is 36.7 Å². The Balaban J connectivity index is 1.06. The highest BCUT2D eigenvalue weighted by Gasteiger charge is 2.43. The number of aromatic nitrogens is 2. The van der Waals surface area contributed by atoms with Gasteiger partial charge in [0.1, 0.15) is 6.10 Å². The van der Waals surface area contributed by atoms with E-state index in [0.717, 1.165) is 59.8 Å². The minimum absolute atomic E-state index is 0.0142. The van der Waals surface area contributed by atoms with Crippen molar-refractivity contribution in [2.24, 2.45) is 0 Å². The highest BCUT2D eigenvalue weighted by Crippen LogP contribution is 2.36. The van der Waals surface area contributed by atoms with Crippen LogP contribution in [-0.4, -0.2) is 63.3 Å². The largest absolute Gasteiger partial charge is 0.460 e. The van der Waals surface area contributed by atoms with Gasteiger partial charge in [0.2, 0.25) is 0 Å². The number of likely N-dealkylation sites (tertiary alicyclic amines) is 1. The smallest absolute Gasteiger partial charge is 0.336 e. The van der Waals surface area contributed by atoms with E-state index in [4.69, 9.17) is 4.74 Å². The van der Waals surface area contributed by atoms with Gasteiger partial charge < -0.3 is 25.2 Å². The van der Waals surface area contributed by atoms with Crippen LogP contribution in [0.15, 0.2) is 72.9 Å². The number of hydrogen-bond acceptors (Lipinski definition) is 5. The Bertz CT molecular complexity index is 1790. The lowest BCUT2D eigenvalue weighted by Crippen LogP contribution is -2.57. The fourth-order valence-corrected chi connectivity index (χ4v) is 7.64. The highest BCUT2D eigenvalue weighted by atomic mass is 16.5. The summed E-state index contributed by atoms with van der Waals surface area (Å²) >= 11 is 0. The predicted octanol–water partition coefficient (Wildman–Crippen LogP) is 6.83. The molecule has 1 aromatic heterocycles. The van der Waals surface area contributed by atoms with Gasteiger partial charge in [-0.1, -0.05) is 61.5 Å². The molecule has 3 heterocycles. The number of nitrogens with one attached hydrogen (secondary N) is 3. The second-order valence-corrected chi connectivity index (χ2v) is 13.6. The number of carbonyl (C=O) groups is 3. The number of aromatic amines is 1. The summed E-state index contributed by atoms with van der Waals surface area (Å²) in [6.07, 6.45) is 7.01. The normalized spacial score (nSPS) is 21.2. The molecule has 10 heteroatoms. The molecule has 3 aromatic carbocycles. The van der Waals surface area contributed by atoms with E-state index in [2.05, 4.69) is 52.0 Å². The number of rotatable bonds is 7. The fourth-order valence-electron chi connectivity index (χ4n) is 7.64. The van der Waals surface area contributed by atoms with E-state index in [1.165, 1.54) is 5.56 Å². The topological polar surface area (TPSA) is 120 Å². The van der Waals surface area contributed by atoms with Crippen molar-refractivity contribution >= 4 is 34.6 Å². The van der Waals surface area contributed by atoms with Crippen molar-refractivity contribution in [3.05, 3.63) is 95.2 Å². The van der Waals surface area contributed by atoms with Crippen LogP contribution < -0.4 is 10.6 Å². The van der Waals surface area contributed by atoms with Gasteiger partial charge in [-0.25, -0.2) is 14.4 Å². The Morgan fingerprint density at radius 3 is 2.46 bits per heavy atom. The molecular weight excluding hydrogens is 604 g/mol. The Hall–Kier alpha value is -4.86. The number of nitrogens with zero attached hydrogens (tertiary/aromatic N) is 3. The van der Waals surface area contributed by atoms with E-state index in [0.29, 0.717) is 44.0 Å². The fraction of sp³-hybridized carbons (Fsp3) is 0.421. The maximum absolute atomic E-state index is 14.2. The van der Waals surface area contributed by atoms with Crippen molar-refractivity contribution in [1.82, 2.24) is 25.3 Å². The van der Waals surface area contributed by atoms with Crippen molar-refractivity contribution in [3.8, 4) is 0 Å². The molecular formula is C38H44N6O4. The SMILES string of the molecule is CCc1cc(C(C)(NC(=O)N2CCC(N3Cc4ccccc4NC3=O)CC2)C(=O)OC2CCC(c3ccccc3)CC2)cc2cn[nH]c12. The number of aryl methyl sites for hydroxylation is 1. The summed E-state index contributed by atoms with van der Waals surface area (Å²) in [5.74, 6) is -0.000944. The third-order valence-electron chi connectivity index (χ3n) is 10.6. The lowest BCUT2D eigenvalue weighted by molar-refractivity contribution is -0.158. The molecule has 4 aromatic rings. The molecule has 7 rings (SSSR count). The molecule has 2 aliphatic heterocycles. The van der Waals surface area contributed by atoms with E-state index >= 15 is 0 Å². The number of fused-ring (bicyclic) bond motifs is 2. The van der Waals surface area contributed by atoms with Gasteiger partial charge in [0.15, 0.2) is 5.54 Å². The van der Waals surface area contributed by atoms with Crippen LogP contribution in [0, 0.1) is 0 Å². The summed E-state index contributed by atoms with van der Waals surface area (Å²) in [6, 6.07) is 21.9. The predicted molar refractivity (Wildman–Crippen MR) is 184 cm³/mol. The Morgan fingerprint density at radius 1 is 0.979 bits per heavy atom. The molecule has 2 fully saturated rings. The maximum Gasteiger partial charge on any atom is 0.336 e. The monoisotopic (exact) mass is 648 g/mol. The summed E-state index contributed by atoms with van der Waals surface area (Å²) in [5, 5.41) is 14.3. The molecule has 1 saturated heterocycles. The second kappa shape index (κ2) is 13.3. The first kappa shape index (κ1) is 31.7. The van der Waals surface area contributed by atoms with Gasteiger partial charge >= 0.3 is 18.0 Å². The van der Waals surface area contributed by atoms with Gasteiger partial charge in [-0.05, 0) is 92.2 Å². The molecule has 0 bridgehead atoms. The van der Waals surface area contributed by atoms with E-state index in [1.807, 2.05) is 47.4 Å². The molecule has 0 radical (unpaired) electrons. The lowest BCUT2D eigenvalue weighted by Gasteiger charge is -2.41. The number of benzene rings is 3. The average Bonchev–Trinajstić information content (AvgIpc) is 3.61. The van der Waals surface area contributed by atoms with Crippen LogP contribution in [0.3, 0.4) is 0 Å². The number of esters is 1. The maximum atomic E-state index is 14.2. The van der Waals surface area contributed by atoms with Crippen molar-refractivity contribution in [3.63, 3.8) is 0 Å². The van der Waals surface area contributed by atoms with Crippen molar-refractivity contribution in [1.29, 1.82) is 0 Å². The van der Waals surface area contributed by atoms with E-state index in [9.17, 15) is 14.4 Å². The van der Waals surface area contributed by atoms with E-state index in [-0.39, 0.29) is 24.2 Å².